The van der Waals surface area contributed by atoms with E-state index in [0.717, 1.165) is 34.5 Å². The largest absolute Gasteiger partial charge is 0.493 e. The molecule has 5 nitrogen and oxygen atoms in total. The molecule has 1 amide bonds. The predicted octanol–water partition coefficient (Wildman–Crippen LogP) is 5.43. The lowest BCUT2D eigenvalue weighted by Gasteiger charge is -2.35. The minimum atomic E-state index is 0.0423. The summed E-state index contributed by atoms with van der Waals surface area (Å²) < 4.78 is 7.07. The van der Waals surface area contributed by atoms with Crippen LogP contribution in [0.25, 0.3) is 21.0 Å². The summed E-state index contributed by atoms with van der Waals surface area (Å²) in [6.07, 6.45) is 0. The van der Waals surface area contributed by atoms with Gasteiger partial charge in [-0.25, -0.2) is 4.98 Å². The average molecular weight is 446 g/mol. The zero-order valence-electron chi connectivity index (χ0n) is 18.7. The number of aromatic nitrogens is 1. The third-order valence-electron chi connectivity index (χ3n) is 6.06. The average Bonchev–Trinajstić information content (AvgIpc) is 3.23. The van der Waals surface area contributed by atoms with E-state index in [4.69, 9.17) is 9.72 Å². The number of piperazine rings is 1. The SMILES string of the molecule is CCOc1ccc2ccccc2c1C(=O)N1CCN(c2nc3c(C)cc(C)cc3s2)CC1. The number of ether oxygens (including phenoxy) is 1. The van der Waals surface area contributed by atoms with E-state index < -0.39 is 0 Å². The predicted molar refractivity (Wildman–Crippen MR) is 132 cm³/mol. The van der Waals surface area contributed by atoms with Crippen LogP contribution in [0.1, 0.15) is 28.4 Å². The summed E-state index contributed by atoms with van der Waals surface area (Å²) in [7, 11) is 0. The van der Waals surface area contributed by atoms with Crippen molar-refractivity contribution >= 4 is 43.4 Å². The minimum Gasteiger partial charge on any atom is -0.493 e. The number of anilines is 1. The molecular weight excluding hydrogens is 418 g/mol. The van der Waals surface area contributed by atoms with Crippen LogP contribution in [0.5, 0.6) is 5.75 Å². The lowest BCUT2D eigenvalue weighted by atomic mass is 10.0. The second-order valence-electron chi connectivity index (χ2n) is 8.30. The molecule has 0 spiro atoms. The first-order chi connectivity index (χ1) is 15.5. The van der Waals surface area contributed by atoms with Gasteiger partial charge in [-0.3, -0.25) is 4.79 Å². The van der Waals surface area contributed by atoms with Crippen molar-refractivity contribution in [3.63, 3.8) is 0 Å². The van der Waals surface area contributed by atoms with E-state index in [1.54, 1.807) is 11.3 Å². The van der Waals surface area contributed by atoms with E-state index in [9.17, 15) is 4.79 Å². The normalized spacial score (nSPS) is 14.3. The highest BCUT2D eigenvalue weighted by atomic mass is 32.1. The highest BCUT2D eigenvalue weighted by Gasteiger charge is 2.27. The highest BCUT2D eigenvalue weighted by molar-refractivity contribution is 7.22. The van der Waals surface area contributed by atoms with E-state index in [2.05, 4.69) is 30.9 Å². The van der Waals surface area contributed by atoms with E-state index in [1.807, 2.05) is 48.2 Å². The number of hydrogen-bond donors (Lipinski definition) is 0. The smallest absolute Gasteiger partial charge is 0.258 e. The lowest BCUT2D eigenvalue weighted by molar-refractivity contribution is 0.0744. The number of carbonyl (C=O) groups is 1. The molecule has 0 unspecified atom stereocenters. The number of amides is 1. The topological polar surface area (TPSA) is 45.7 Å². The van der Waals surface area contributed by atoms with Crippen LogP contribution in [0.15, 0.2) is 48.5 Å². The molecule has 0 aliphatic carbocycles. The van der Waals surface area contributed by atoms with E-state index in [1.165, 1.54) is 15.8 Å². The Hall–Kier alpha value is -3.12. The number of nitrogens with zero attached hydrogens (tertiary/aromatic N) is 3. The van der Waals surface area contributed by atoms with Gasteiger partial charge in [0, 0.05) is 26.2 Å². The number of hydrogen-bond acceptors (Lipinski definition) is 5. The van der Waals surface area contributed by atoms with E-state index >= 15 is 0 Å². The number of thiazole rings is 1. The van der Waals surface area contributed by atoms with Crippen LogP contribution < -0.4 is 9.64 Å². The zero-order chi connectivity index (χ0) is 22.2. The molecule has 6 heteroatoms. The van der Waals surface area contributed by atoms with Crippen molar-refractivity contribution in [3.8, 4) is 5.75 Å². The molecule has 1 saturated heterocycles. The summed E-state index contributed by atoms with van der Waals surface area (Å²) in [5, 5.41) is 3.04. The molecule has 0 radical (unpaired) electrons. The van der Waals surface area contributed by atoms with Crippen LogP contribution in [0.3, 0.4) is 0 Å². The van der Waals surface area contributed by atoms with Crippen LogP contribution in [-0.2, 0) is 0 Å². The van der Waals surface area contributed by atoms with Gasteiger partial charge in [-0.2, -0.15) is 0 Å². The second kappa shape index (κ2) is 8.43. The van der Waals surface area contributed by atoms with E-state index in [-0.39, 0.29) is 5.91 Å². The van der Waals surface area contributed by atoms with Gasteiger partial charge in [0.2, 0.25) is 0 Å². The van der Waals surface area contributed by atoms with Crippen molar-refractivity contribution in [2.24, 2.45) is 0 Å². The number of fused-ring (bicyclic) bond motifs is 2. The van der Waals surface area contributed by atoms with Crippen molar-refractivity contribution in [2.45, 2.75) is 20.8 Å². The summed E-state index contributed by atoms with van der Waals surface area (Å²) in [6, 6.07) is 16.3. The molecule has 2 heterocycles. The molecule has 3 aromatic carbocycles. The molecule has 1 aliphatic rings. The Morgan fingerprint density at radius 1 is 1.06 bits per heavy atom. The fourth-order valence-corrected chi connectivity index (χ4v) is 5.69. The molecule has 32 heavy (non-hydrogen) atoms. The van der Waals surface area contributed by atoms with Gasteiger partial charge in [0.05, 0.1) is 22.4 Å². The second-order valence-corrected chi connectivity index (χ2v) is 9.31. The molecule has 5 rings (SSSR count). The minimum absolute atomic E-state index is 0.0423. The molecule has 4 aromatic rings. The Bertz CT molecular complexity index is 1310. The summed E-state index contributed by atoms with van der Waals surface area (Å²) in [6.45, 7) is 9.61. The fourth-order valence-electron chi connectivity index (χ4n) is 4.50. The molecule has 0 bridgehead atoms. The molecule has 164 valence electrons. The molecule has 0 saturated carbocycles. The number of rotatable bonds is 4. The Morgan fingerprint density at radius 3 is 2.62 bits per heavy atom. The number of carbonyl (C=O) groups excluding carboxylic acids is 1. The summed E-state index contributed by atoms with van der Waals surface area (Å²) in [5.74, 6) is 0.705. The van der Waals surface area contributed by atoms with Crippen molar-refractivity contribution < 1.29 is 9.53 Å². The molecule has 1 fully saturated rings. The first-order valence-corrected chi connectivity index (χ1v) is 11.9. The Balaban J connectivity index is 1.38. The van der Waals surface area contributed by atoms with Crippen LogP contribution in [0, 0.1) is 13.8 Å². The number of benzene rings is 3. The standard InChI is InChI=1S/C26H27N3O2S/c1-4-31-21-10-9-19-7-5-6-8-20(19)23(21)25(30)28-11-13-29(14-12-28)26-27-24-18(3)15-17(2)16-22(24)32-26/h5-10,15-16H,4,11-14H2,1-3H3. The summed E-state index contributed by atoms with van der Waals surface area (Å²) >= 11 is 1.74. The maximum Gasteiger partial charge on any atom is 0.258 e. The Kier molecular flexibility index (Phi) is 5.47. The van der Waals surface area contributed by atoms with Crippen molar-refractivity contribution in [2.75, 3.05) is 37.7 Å². The monoisotopic (exact) mass is 445 g/mol. The Morgan fingerprint density at radius 2 is 1.84 bits per heavy atom. The maximum atomic E-state index is 13.6. The van der Waals surface area contributed by atoms with Crippen molar-refractivity contribution in [3.05, 3.63) is 65.2 Å². The maximum absolute atomic E-state index is 13.6. The molecule has 0 N–H and O–H groups in total. The van der Waals surface area contributed by atoms with Gasteiger partial charge in [-0.15, -0.1) is 0 Å². The number of aryl methyl sites for hydroxylation is 2. The molecular formula is C26H27N3O2S. The Labute approximate surface area is 192 Å². The highest BCUT2D eigenvalue weighted by Crippen LogP contribution is 2.33. The zero-order valence-corrected chi connectivity index (χ0v) is 19.5. The molecule has 1 aliphatic heterocycles. The fraction of sp³-hybridized carbons (Fsp3) is 0.308. The molecule has 0 atom stereocenters. The van der Waals surface area contributed by atoms with Gasteiger partial charge in [-0.05, 0) is 54.8 Å². The van der Waals surface area contributed by atoms with Crippen LogP contribution >= 0.6 is 11.3 Å². The van der Waals surface area contributed by atoms with Crippen LogP contribution in [0.4, 0.5) is 5.13 Å². The first-order valence-electron chi connectivity index (χ1n) is 11.1. The van der Waals surface area contributed by atoms with Gasteiger partial charge in [-0.1, -0.05) is 47.7 Å². The first kappa shape index (κ1) is 20.8. The van der Waals surface area contributed by atoms with Crippen molar-refractivity contribution in [1.29, 1.82) is 0 Å². The van der Waals surface area contributed by atoms with E-state index in [0.29, 0.717) is 31.0 Å². The van der Waals surface area contributed by atoms with Gasteiger partial charge < -0.3 is 14.5 Å². The van der Waals surface area contributed by atoms with Gasteiger partial charge in [0.25, 0.3) is 5.91 Å². The van der Waals surface area contributed by atoms with Gasteiger partial charge in [0.1, 0.15) is 5.75 Å². The van der Waals surface area contributed by atoms with Gasteiger partial charge in [0.15, 0.2) is 5.13 Å². The third kappa shape index (κ3) is 3.69. The molecule has 1 aromatic heterocycles. The van der Waals surface area contributed by atoms with Gasteiger partial charge >= 0.3 is 0 Å². The quantitative estimate of drug-likeness (QED) is 0.420. The van der Waals surface area contributed by atoms with Crippen LogP contribution in [0.2, 0.25) is 0 Å². The van der Waals surface area contributed by atoms with Crippen LogP contribution in [-0.4, -0.2) is 48.6 Å². The van der Waals surface area contributed by atoms with Crippen molar-refractivity contribution in [1.82, 2.24) is 9.88 Å². The third-order valence-corrected chi connectivity index (χ3v) is 7.12. The summed E-state index contributed by atoms with van der Waals surface area (Å²) in [5.41, 5.74) is 4.24. The lowest BCUT2D eigenvalue weighted by Crippen LogP contribution is -2.48. The summed E-state index contributed by atoms with van der Waals surface area (Å²) in [4.78, 5) is 22.7.